The summed E-state index contributed by atoms with van der Waals surface area (Å²) < 4.78 is 46.3. The Kier molecular flexibility index (Phi) is 27.9. The van der Waals surface area contributed by atoms with E-state index in [0.29, 0.717) is 30.6 Å². The molecule has 1 aliphatic heterocycles. The van der Waals surface area contributed by atoms with E-state index in [1.807, 2.05) is 59.1 Å². The van der Waals surface area contributed by atoms with Crippen LogP contribution in [0.3, 0.4) is 0 Å². The zero-order valence-electron chi connectivity index (χ0n) is 49.5. The number of amides is 7. The van der Waals surface area contributed by atoms with Gasteiger partial charge in [0, 0.05) is 66.0 Å². The molecular weight excluding hydrogens is 1040 g/mol. The van der Waals surface area contributed by atoms with Crippen molar-refractivity contribution in [3.8, 4) is 0 Å². The van der Waals surface area contributed by atoms with Crippen LogP contribution in [0.5, 0.6) is 0 Å². The van der Waals surface area contributed by atoms with Gasteiger partial charge in [-0.3, -0.25) is 28.9 Å². The molecule has 0 bridgehead atoms. The quantitative estimate of drug-likeness (QED) is 0.0263. The van der Waals surface area contributed by atoms with Gasteiger partial charge in [-0.05, 0) is 93.1 Å². The zero-order chi connectivity index (χ0) is 60.0. The molecule has 0 saturated heterocycles. The van der Waals surface area contributed by atoms with Gasteiger partial charge in [0.15, 0.2) is 0 Å². The molecule has 21 nitrogen and oxygen atoms in total. The number of rotatable bonds is 36. The second kappa shape index (κ2) is 32.6. The zero-order valence-corrected chi connectivity index (χ0v) is 50.3. The first-order chi connectivity index (χ1) is 37.5. The highest BCUT2D eigenvalue weighted by Crippen LogP contribution is 2.41. The van der Waals surface area contributed by atoms with Crippen molar-refractivity contribution in [2.24, 2.45) is 40.6 Å². The number of likely N-dealkylation sites (N-methyl/N-ethyl adjacent to an activating group) is 1. The number of sulfonamides is 1. The molecule has 1 heterocycles. The van der Waals surface area contributed by atoms with Crippen LogP contribution in [-0.2, 0) is 59.4 Å². The summed E-state index contributed by atoms with van der Waals surface area (Å²) in [5, 5.41) is 18.4. The summed E-state index contributed by atoms with van der Waals surface area (Å²) in [6.45, 7) is 23.2. The van der Waals surface area contributed by atoms with Gasteiger partial charge in [-0.15, -0.1) is 0 Å². The molecule has 7 amide bonds. The first kappa shape index (κ1) is 68.5. The minimum absolute atomic E-state index is 0.0314. The number of ether oxygens (including phenoxy) is 3. The second-order valence-corrected chi connectivity index (χ2v) is 24.6. The molecule has 0 radical (unpaired) electrons. The van der Waals surface area contributed by atoms with E-state index in [9.17, 15) is 37.2 Å². The van der Waals surface area contributed by atoms with Crippen LogP contribution in [0.15, 0.2) is 78.4 Å². The van der Waals surface area contributed by atoms with Gasteiger partial charge < -0.3 is 57.6 Å². The molecule has 22 heteroatoms. The first-order valence-corrected chi connectivity index (χ1v) is 29.4. The fourth-order valence-corrected chi connectivity index (χ4v) is 11.3. The minimum atomic E-state index is -4.17. The molecule has 448 valence electrons. The van der Waals surface area contributed by atoms with E-state index in [-0.39, 0.29) is 122 Å². The maximum atomic E-state index is 13.7. The summed E-state index contributed by atoms with van der Waals surface area (Å²) in [5.74, 6) is -3.38. The van der Waals surface area contributed by atoms with Crippen molar-refractivity contribution in [2.45, 2.75) is 143 Å². The van der Waals surface area contributed by atoms with E-state index in [1.165, 1.54) is 0 Å². The van der Waals surface area contributed by atoms with Gasteiger partial charge in [-0.25, -0.2) is 17.9 Å². The van der Waals surface area contributed by atoms with Crippen LogP contribution < -0.4 is 48.1 Å². The first-order valence-electron chi connectivity index (χ1n) is 27.7. The summed E-state index contributed by atoms with van der Waals surface area (Å²) in [7, 11) is -0.334. The summed E-state index contributed by atoms with van der Waals surface area (Å²) >= 11 is 0. The number of benzene rings is 2. The Labute approximate surface area is 475 Å². The smallest absolute Gasteiger partial charge is 0.312 e. The average Bonchev–Trinajstić information content (AvgIpc) is 3.71. The number of imide groups is 1. The third-order valence-electron chi connectivity index (χ3n) is 14.4. The molecule has 2 aromatic rings. The van der Waals surface area contributed by atoms with Crippen molar-refractivity contribution < 1.29 is 51.4 Å². The van der Waals surface area contributed by atoms with Crippen molar-refractivity contribution in [3.05, 3.63) is 89.5 Å². The average molecular weight is 1140 g/mol. The van der Waals surface area contributed by atoms with Crippen molar-refractivity contribution in [2.75, 3.05) is 65.6 Å². The normalized spacial score (nSPS) is 16.4. The SMILES string of the molecule is CNC([C@H](/C=C(\C)C(=O)NS(=O)(=O)Cc1ccc(NC(COCCOCCOCCC(=O)N[C@H](C(=O)N[C@@H](C)CCCNC(N)=O)C(C)C)N2C(=O)C=CC2=O)cc1)C(C)C)[C@H](C(N)[C@@H](NC)C(C)(C)c1ccccc1)C(C)(C)C. The number of nitrogens with zero attached hydrogens (tertiary/aromatic N) is 1. The van der Waals surface area contributed by atoms with E-state index in [0.717, 1.165) is 22.6 Å². The van der Waals surface area contributed by atoms with Gasteiger partial charge in [0.05, 0.1) is 45.4 Å². The van der Waals surface area contributed by atoms with Crippen molar-refractivity contribution in [3.63, 3.8) is 0 Å². The van der Waals surface area contributed by atoms with Gasteiger partial charge in [0.25, 0.3) is 17.7 Å². The summed E-state index contributed by atoms with van der Waals surface area (Å²) in [5.41, 5.74) is 14.1. The van der Waals surface area contributed by atoms with E-state index < -0.39 is 51.7 Å². The van der Waals surface area contributed by atoms with Crippen LogP contribution in [0, 0.1) is 29.1 Å². The summed E-state index contributed by atoms with van der Waals surface area (Å²) in [4.78, 5) is 76.6. The van der Waals surface area contributed by atoms with Crippen LogP contribution in [0.1, 0.15) is 107 Å². The number of hydrogen-bond acceptors (Lipinski definition) is 15. The standard InChI is InChI=1S/C58H94N10O11S/c1-37(2)44(52(61-12)49(57(7,8)9)50(59)53(62-13)58(10,11)42-19-15-14-16-20-42)34-39(5)54(72)67-80(75,76)36-41-21-23-43(24-22-41)65-45(68-47(70)25-26-48(68)71)35-79-33-32-78-31-30-77-29-27-46(69)66-51(38(3)4)55(73)64-40(6)18-17-28-63-56(60)74/h14-16,19-26,34,37-38,40,44-45,49-53,61-62,65H,17-18,27-33,35-36,59H2,1-13H3,(H,64,73)(H,66,69)(H,67,72)(H3,60,63,74)/b39-34+/t40-,44+,45?,49-,50?,51-,52?,53+/m0/s1. The number of urea groups is 1. The maximum absolute atomic E-state index is 13.7. The second-order valence-electron chi connectivity index (χ2n) is 22.9. The van der Waals surface area contributed by atoms with E-state index in [4.69, 9.17) is 25.7 Å². The fraction of sp³-hybridized carbons (Fsp3) is 0.621. The molecule has 0 saturated carbocycles. The number of nitrogens with one attached hydrogen (secondary N) is 7. The van der Waals surface area contributed by atoms with Gasteiger partial charge in [-0.2, -0.15) is 0 Å². The number of nitrogens with two attached hydrogens (primary N) is 2. The van der Waals surface area contributed by atoms with Gasteiger partial charge in [0.1, 0.15) is 12.2 Å². The van der Waals surface area contributed by atoms with Crippen molar-refractivity contribution in [1.82, 2.24) is 36.2 Å². The lowest BCUT2D eigenvalue weighted by atomic mass is 9.62. The molecule has 3 rings (SSSR count). The fourth-order valence-electron chi connectivity index (χ4n) is 10.2. The van der Waals surface area contributed by atoms with Gasteiger partial charge in [-0.1, -0.05) is 111 Å². The number of primary amides is 1. The van der Waals surface area contributed by atoms with Crippen LogP contribution in [0.2, 0.25) is 0 Å². The highest BCUT2D eigenvalue weighted by atomic mass is 32.2. The third kappa shape index (κ3) is 22.0. The Morgan fingerprint density at radius 3 is 1.90 bits per heavy atom. The van der Waals surface area contributed by atoms with Crippen LogP contribution in [0.4, 0.5) is 10.5 Å². The lowest BCUT2D eigenvalue weighted by Crippen LogP contribution is -2.64. The Morgan fingerprint density at radius 1 is 0.775 bits per heavy atom. The third-order valence-corrected chi connectivity index (χ3v) is 15.6. The van der Waals surface area contributed by atoms with Crippen LogP contribution >= 0.6 is 0 Å². The van der Waals surface area contributed by atoms with E-state index in [2.05, 4.69) is 97.2 Å². The van der Waals surface area contributed by atoms with Crippen LogP contribution in [0.25, 0.3) is 0 Å². The molecule has 2 aromatic carbocycles. The molecule has 11 N–H and O–H groups in total. The van der Waals surface area contributed by atoms with Gasteiger partial charge >= 0.3 is 6.03 Å². The largest absolute Gasteiger partial charge is 0.379 e. The minimum Gasteiger partial charge on any atom is -0.379 e. The predicted octanol–water partition coefficient (Wildman–Crippen LogP) is 4.19. The molecule has 80 heavy (non-hydrogen) atoms. The number of anilines is 1. The predicted molar refractivity (Wildman–Crippen MR) is 312 cm³/mol. The lowest BCUT2D eigenvalue weighted by Gasteiger charge is -2.50. The van der Waals surface area contributed by atoms with E-state index >= 15 is 0 Å². The molecule has 0 spiro atoms. The van der Waals surface area contributed by atoms with Crippen molar-refractivity contribution in [1.29, 1.82) is 0 Å². The summed E-state index contributed by atoms with van der Waals surface area (Å²) in [6, 6.07) is 14.5. The Morgan fingerprint density at radius 2 is 1.36 bits per heavy atom. The topological polar surface area (TPSA) is 304 Å². The highest BCUT2D eigenvalue weighted by Gasteiger charge is 2.46. The number of hydrogen-bond donors (Lipinski definition) is 9. The molecule has 0 aliphatic carbocycles. The van der Waals surface area contributed by atoms with E-state index in [1.54, 1.807) is 31.2 Å². The lowest BCUT2D eigenvalue weighted by molar-refractivity contribution is -0.140. The molecule has 8 atom stereocenters. The van der Waals surface area contributed by atoms with Crippen LogP contribution in [-0.4, -0.2) is 146 Å². The molecule has 0 fully saturated rings. The number of carbonyl (C=O) groups excluding carboxylic acids is 6. The number of carbonyl (C=O) groups is 6. The Bertz CT molecular complexity index is 2470. The monoisotopic (exact) mass is 1140 g/mol. The maximum Gasteiger partial charge on any atom is 0.312 e. The molecule has 3 unspecified atom stereocenters. The van der Waals surface area contributed by atoms with Gasteiger partial charge in [0.2, 0.25) is 21.8 Å². The molecule has 0 aromatic heterocycles. The van der Waals surface area contributed by atoms with Crippen molar-refractivity contribution >= 4 is 51.3 Å². The highest BCUT2D eigenvalue weighted by molar-refractivity contribution is 7.89. The summed E-state index contributed by atoms with van der Waals surface area (Å²) in [6.07, 6.45) is 4.53. The Balaban J connectivity index is 1.54. The Hall–Kier alpha value is -5.75. The molecule has 1 aliphatic rings. The molecular formula is C58H94N10O11S.